The summed E-state index contributed by atoms with van der Waals surface area (Å²) < 4.78 is 65.6. The number of aryl methyl sites for hydroxylation is 2. The van der Waals surface area contributed by atoms with Gasteiger partial charge in [-0.3, -0.25) is 4.90 Å². The molecule has 0 bridgehead atoms. The molecule has 0 aliphatic carbocycles. The first-order chi connectivity index (χ1) is 23.7. The van der Waals surface area contributed by atoms with Crippen molar-refractivity contribution in [2.24, 2.45) is 5.41 Å². The number of likely N-dealkylation sites (tertiary alicyclic amines) is 2. The molecule has 0 radical (unpaired) electrons. The molecule has 7 rings (SSSR count). The lowest BCUT2D eigenvalue weighted by molar-refractivity contribution is -0.126. The minimum absolute atomic E-state index is 0.0968. The molecule has 3 aromatic heterocycles. The van der Waals surface area contributed by atoms with Gasteiger partial charge in [-0.25, -0.2) is 18.4 Å². The Kier molecular flexibility index (Phi) is 9.41. The van der Waals surface area contributed by atoms with Crippen LogP contribution in [0.15, 0.2) is 24.3 Å². The predicted octanol–water partition coefficient (Wildman–Crippen LogP) is 6.10. The SMILES string of the molecule is CCc1nc(N2CCC3(CCN(Cc4ccc5c(cc(C#N)n5CCN5CCC(S(C)(=O)=O)CC5)c4C)C3)C2)c2cc(CC(F)(F)F)sc2n1. The molecule has 0 saturated carbocycles. The molecule has 50 heavy (non-hydrogen) atoms. The van der Waals surface area contributed by atoms with Gasteiger partial charge in [-0.15, -0.1) is 11.3 Å². The molecule has 14 heteroatoms. The summed E-state index contributed by atoms with van der Waals surface area (Å²) >= 11 is 1.12. The Morgan fingerprint density at radius 2 is 1.78 bits per heavy atom. The Morgan fingerprint density at radius 1 is 1.02 bits per heavy atom. The van der Waals surface area contributed by atoms with Gasteiger partial charge < -0.3 is 14.4 Å². The van der Waals surface area contributed by atoms with Crippen molar-refractivity contribution in [3.05, 3.63) is 51.8 Å². The summed E-state index contributed by atoms with van der Waals surface area (Å²) in [5, 5.41) is 11.6. The maximum atomic E-state index is 13.2. The molecule has 268 valence electrons. The molecule has 0 amide bonds. The monoisotopic (exact) mass is 727 g/mol. The van der Waals surface area contributed by atoms with E-state index in [-0.39, 0.29) is 15.5 Å². The second-order valence-corrected chi connectivity index (χ2v) is 18.1. The average Bonchev–Trinajstić information content (AvgIpc) is 3.85. The van der Waals surface area contributed by atoms with Crippen molar-refractivity contribution in [3.8, 4) is 6.07 Å². The zero-order valence-electron chi connectivity index (χ0n) is 28.9. The number of hydrogen-bond donors (Lipinski definition) is 0. The van der Waals surface area contributed by atoms with E-state index in [0.717, 1.165) is 98.6 Å². The van der Waals surface area contributed by atoms with E-state index in [9.17, 15) is 26.9 Å². The lowest BCUT2D eigenvalue weighted by Crippen LogP contribution is -2.40. The van der Waals surface area contributed by atoms with E-state index >= 15 is 0 Å². The molecule has 1 aromatic carbocycles. The molecule has 3 fully saturated rings. The van der Waals surface area contributed by atoms with E-state index in [1.807, 2.05) is 13.0 Å². The number of benzene rings is 1. The fraction of sp³-hybridized carbons (Fsp3) is 0.583. The molecule has 3 saturated heterocycles. The van der Waals surface area contributed by atoms with Gasteiger partial charge in [-0.05, 0) is 81.6 Å². The third kappa shape index (κ3) is 7.11. The number of hydrogen-bond acceptors (Lipinski definition) is 9. The van der Waals surface area contributed by atoms with E-state index in [1.165, 1.54) is 17.4 Å². The van der Waals surface area contributed by atoms with Crippen LogP contribution in [0.4, 0.5) is 19.0 Å². The van der Waals surface area contributed by atoms with E-state index in [2.05, 4.69) is 49.4 Å². The Labute approximate surface area is 295 Å². The third-order valence-electron chi connectivity index (χ3n) is 11.2. The Hall–Kier alpha value is -3.25. The summed E-state index contributed by atoms with van der Waals surface area (Å²) in [5.74, 6) is 1.43. The lowest BCUT2D eigenvalue weighted by atomic mass is 9.86. The average molecular weight is 728 g/mol. The second kappa shape index (κ2) is 13.4. The molecule has 6 heterocycles. The van der Waals surface area contributed by atoms with Crippen molar-refractivity contribution >= 4 is 48.1 Å². The van der Waals surface area contributed by atoms with Crippen LogP contribution in [0.1, 0.15) is 60.1 Å². The fourth-order valence-corrected chi connectivity index (χ4v) is 10.5. The zero-order chi connectivity index (χ0) is 35.4. The van der Waals surface area contributed by atoms with Crippen LogP contribution in [-0.4, -0.2) is 96.2 Å². The van der Waals surface area contributed by atoms with Crippen LogP contribution in [0.25, 0.3) is 21.1 Å². The number of nitrogens with zero attached hydrogens (tertiary/aromatic N) is 7. The van der Waals surface area contributed by atoms with E-state index in [4.69, 9.17) is 4.98 Å². The quantitative estimate of drug-likeness (QED) is 0.204. The van der Waals surface area contributed by atoms with Gasteiger partial charge in [0.25, 0.3) is 0 Å². The largest absolute Gasteiger partial charge is 0.393 e. The molecule has 4 aromatic rings. The first-order valence-corrected chi connectivity index (χ1v) is 20.3. The van der Waals surface area contributed by atoms with Gasteiger partial charge in [-0.1, -0.05) is 13.0 Å². The highest BCUT2D eigenvalue weighted by atomic mass is 32.2. The molecule has 9 nitrogen and oxygen atoms in total. The van der Waals surface area contributed by atoms with Crippen LogP contribution in [-0.2, 0) is 35.8 Å². The highest BCUT2D eigenvalue weighted by Crippen LogP contribution is 2.44. The topological polar surface area (TPSA) is 98.4 Å². The van der Waals surface area contributed by atoms with E-state index < -0.39 is 22.4 Å². The van der Waals surface area contributed by atoms with Gasteiger partial charge >= 0.3 is 6.18 Å². The molecular weight excluding hydrogens is 684 g/mol. The normalized spacial score (nSPS) is 21.3. The number of nitriles is 1. The number of fused-ring (bicyclic) bond motifs is 2. The lowest BCUT2D eigenvalue weighted by Gasteiger charge is -2.31. The molecule has 1 unspecified atom stereocenters. The number of piperidine rings is 1. The van der Waals surface area contributed by atoms with Crippen molar-refractivity contribution in [1.29, 1.82) is 5.26 Å². The second-order valence-electron chi connectivity index (χ2n) is 14.6. The summed E-state index contributed by atoms with van der Waals surface area (Å²) in [7, 11) is -3.01. The summed E-state index contributed by atoms with van der Waals surface area (Å²) in [6.07, 6.45) is 0.105. The minimum atomic E-state index is -4.26. The van der Waals surface area contributed by atoms with Crippen LogP contribution in [0.2, 0.25) is 0 Å². The smallest absolute Gasteiger partial charge is 0.355 e. The minimum Gasteiger partial charge on any atom is -0.355 e. The first-order valence-electron chi connectivity index (χ1n) is 17.5. The molecule has 3 aliphatic heterocycles. The summed E-state index contributed by atoms with van der Waals surface area (Å²) in [5.41, 5.74) is 4.21. The maximum Gasteiger partial charge on any atom is 0.393 e. The van der Waals surface area contributed by atoms with Gasteiger partial charge in [0.05, 0.1) is 17.1 Å². The third-order valence-corrected chi connectivity index (χ3v) is 13.9. The Morgan fingerprint density at radius 3 is 2.48 bits per heavy atom. The predicted molar refractivity (Wildman–Crippen MR) is 191 cm³/mol. The van der Waals surface area contributed by atoms with Crippen molar-refractivity contribution in [2.75, 3.05) is 57.0 Å². The van der Waals surface area contributed by atoms with Crippen LogP contribution in [0.3, 0.4) is 0 Å². The number of thiophene rings is 1. The molecule has 1 atom stereocenters. The van der Waals surface area contributed by atoms with Gasteiger partial charge in [0.15, 0.2) is 0 Å². The molecule has 1 spiro atoms. The maximum absolute atomic E-state index is 13.2. The zero-order valence-corrected chi connectivity index (χ0v) is 30.5. The van der Waals surface area contributed by atoms with Gasteiger partial charge in [0, 0.05) is 73.1 Å². The number of sulfone groups is 1. The van der Waals surface area contributed by atoms with Crippen LogP contribution < -0.4 is 4.90 Å². The Bertz CT molecular complexity index is 2060. The fourth-order valence-electron chi connectivity index (χ4n) is 8.36. The van der Waals surface area contributed by atoms with Crippen molar-refractivity contribution in [2.45, 2.75) is 76.9 Å². The Balaban J connectivity index is 1.03. The highest BCUT2D eigenvalue weighted by Gasteiger charge is 2.44. The highest BCUT2D eigenvalue weighted by molar-refractivity contribution is 7.91. The van der Waals surface area contributed by atoms with Crippen LogP contribution in [0.5, 0.6) is 0 Å². The van der Waals surface area contributed by atoms with Crippen molar-refractivity contribution in [3.63, 3.8) is 0 Å². The number of rotatable bonds is 9. The number of halogens is 3. The van der Waals surface area contributed by atoms with Crippen LogP contribution >= 0.6 is 11.3 Å². The summed E-state index contributed by atoms with van der Waals surface area (Å²) in [6.45, 7) is 11.4. The van der Waals surface area contributed by atoms with Crippen molar-refractivity contribution in [1.82, 2.24) is 24.3 Å². The van der Waals surface area contributed by atoms with Crippen molar-refractivity contribution < 1.29 is 21.6 Å². The van der Waals surface area contributed by atoms with Gasteiger partial charge in [0.1, 0.15) is 38.1 Å². The number of alkyl halides is 3. The number of anilines is 1. The van der Waals surface area contributed by atoms with E-state index in [1.54, 1.807) is 6.07 Å². The summed E-state index contributed by atoms with van der Waals surface area (Å²) in [6, 6.07) is 10.4. The molecule has 3 aliphatic rings. The molecular formula is C36H44F3N7O2S2. The van der Waals surface area contributed by atoms with Gasteiger partial charge in [-0.2, -0.15) is 18.4 Å². The standard InChI is InChI=1S/C36H44F3N7O2S2/c1-4-32-41-33(30-18-27(19-36(37,38)39)49-34(30)42-32)45-14-10-35(23-45)9-13-44(22-35)21-25-5-6-31-29(24(25)2)17-26(20-40)46(31)16-15-43-11-7-28(8-12-43)50(3,47)48/h5-6,17-18,28H,4,7-16,19,21-23H2,1-3H3. The summed E-state index contributed by atoms with van der Waals surface area (Å²) in [4.78, 5) is 17.4. The van der Waals surface area contributed by atoms with Crippen LogP contribution in [0, 0.1) is 23.7 Å². The number of aromatic nitrogens is 3. The molecule has 0 N–H and O–H groups in total. The van der Waals surface area contributed by atoms with Gasteiger partial charge in [0.2, 0.25) is 0 Å². The first kappa shape index (κ1) is 35.2. The van der Waals surface area contributed by atoms with E-state index in [0.29, 0.717) is 42.2 Å².